The Labute approximate surface area is 184 Å². The minimum absolute atomic E-state index is 0.0689. The summed E-state index contributed by atoms with van der Waals surface area (Å²) < 4.78 is 13.3. The molecule has 0 spiro atoms. The highest BCUT2D eigenvalue weighted by molar-refractivity contribution is 6.08. The lowest BCUT2D eigenvalue weighted by atomic mass is 9.92. The van der Waals surface area contributed by atoms with Crippen LogP contribution in [0.5, 0.6) is 0 Å². The number of rotatable bonds is 8. The van der Waals surface area contributed by atoms with Crippen molar-refractivity contribution in [1.82, 2.24) is 15.1 Å². The fourth-order valence-corrected chi connectivity index (χ4v) is 4.46. The zero-order chi connectivity index (χ0) is 22.6. The summed E-state index contributed by atoms with van der Waals surface area (Å²) in [5.74, 6) is -0.487. The number of benzene rings is 1. The van der Waals surface area contributed by atoms with Gasteiger partial charge in [0, 0.05) is 12.6 Å². The summed E-state index contributed by atoms with van der Waals surface area (Å²) in [4.78, 5) is 41.7. The third-order valence-electron chi connectivity index (χ3n) is 6.46. The van der Waals surface area contributed by atoms with Gasteiger partial charge in [0.2, 0.25) is 5.91 Å². The first-order chi connectivity index (χ1) is 14.7. The van der Waals surface area contributed by atoms with Gasteiger partial charge in [-0.25, -0.2) is 9.18 Å². The Kier molecular flexibility index (Phi) is 7.34. The fraction of sp³-hybridized carbons (Fsp3) is 0.625. The van der Waals surface area contributed by atoms with E-state index in [9.17, 15) is 18.8 Å². The number of nitrogens with zero attached hydrogens (tertiary/aromatic N) is 2. The van der Waals surface area contributed by atoms with Crippen LogP contribution in [-0.2, 0) is 16.1 Å². The lowest BCUT2D eigenvalue weighted by molar-refractivity contribution is -0.141. The zero-order valence-electron chi connectivity index (χ0n) is 18.8. The van der Waals surface area contributed by atoms with E-state index in [1.807, 2.05) is 0 Å². The SMILES string of the molecule is CC(C)CC[C@]1(C)NC(=O)N(CC(=O)N(Cc2ccc(F)cc2)C2CCCCC2)C1=O. The molecule has 2 fully saturated rings. The minimum Gasteiger partial charge on any atom is -0.334 e. The van der Waals surface area contributed by atoms with E-state index in [1.54, 1.807) is 24.0 Å². The molecule has 0 radical (unpaired) electrons. The molecule has 1 aromatic carbocycles. The van der Waals surface area contributed by atoms with Gasteiger partial charge in [-0.2, -0.15) is 0 Å². The van der Waals surface area contributed by atoms with Crippen molar-refractivity contribution in [2.45, 2.75) is 83.8 Å². The number of imide groups is 1. The predicted octanol–water partition coefficient (Wildman–Crippen LogP) is 4.23. The van der Waals surface area contributed by atoms with Gasteiger partial charge in [-0.1, -0.05) is 45.2 Å². The molecule has 4 amide bonds. The second kappa shape index (κ2) is 9.79. The summed E-state index contributed by atoms with van der Waals surface area (Å²) >= 11 is 0. The molecular formula is C24H34FN3O3. The van der Waals surface area contributed by atoms with E-state index in [2.05, 4.69) is 19.2 Å². The lowest BCUT2D eigenvalue weighted by Crippen LogP contribution is -2.48. The second-order valence-electron chi connectivity index (χ2n) is 9.53. The number of urea groups is 1. The van der Waals surface area contributed by atoms with Crippen LogP contribution >= 0.6 is 0 Å². The maximum absolute atomic E-state index is 13.3. The highest BCUT2D eigenvalue weighted by Crippen LogP contribution is 2.27. The van der Waals surface area contributed by atoms with Crippen LogP contribution in [0.3, 0.4) is 0 Å². The number of carbonyl (C=O) groups excluding carboxylic acids is 3. The van der Waals surface area contributed by atoms with E-state index >= 15 is 0 Å². The normalized spacial score (nSPS) is 22.2. The monoisotopic (exact) mass is 431 g/mol. The first-order valence-corrected chi connectivity index (χ1v) is 11.4. The van der Waals surface area contributed by atoms with E-state index in [4.69, 9.17) is 0 Å². The average Bonchev–Trinajstić information content (AvgIpc) is 2.96. The van der Waals surface area contributed by atoms with Gasteiger partial charge in [0.25, 0.3) is 5.91 Å². The molecule has 6 nitrogen and oxygen atoms in total. The standard InChI is InChI=1S/C24H34FN3O3/c1-17(2)13-14-24(3)22(30)28(23(31)26-24)16-21(29)27(20-7-5-4-6-8-20)15-18-9-11-19(25)12-10-18/h9-12,17,20H,4-8,13-16H2,1-3H3,(H,26,31)/t24-/m0/s1. The molecule has 1 atom stereocenters. The topological polar surface area (TPSA) is 69.7 Å². The van der Waals surface area contributed by atoms with Crippen molar-refractivity contribution in [1.29, 1.82) is 0 Å². The summed E-state index contributed by atoms with van der Waals surface area (Å²) in [6.45, 7) is 5.96. The first-order valence-electron chi connectivity index (χ1n) is 11.4. The lowest BCUT2D eigenvalue weighted by Gasteiger charge is -2.35. The molecule has 1 saturated carbocycles. The molecule has 1 aliphatic carbocycles. The van der Waals surface area contributed by atoms with Crippen molar-refractivity contribution in [3.05, 3.63) is 35.6 Å². The molecule has 1 saturated heterocycles. The van der Waals surface area contributed by atoms with Crippen molar-refractivity contribution in [3.63, 3.8) is 0 Å². The number of amides is 4. The molecule has 0 bridgehead atoms. The van der Waals surface area contributed by atoms with E-state index in [1.165, 1.54) is 12.1 Å². The van der Waals surface area contributed by atoms with Gasteiger partial charge >= 0.3 is 6.03 Å². The largest absolute Gasteiger partial charge is 0.334 e. The third-order valence-corrected chi connectivity index (χ3v) is 6.46. The molecule has 1 N–H and O–H groups in total. The minimum atomic E-state index is -0.964. The maximum atomic E-state index is 13.3. The maximum Gasteiger partial charge on any atom is 0.325 e. The number of halogens is 1. The van der Waals surface area contributed by atoms with Crippen LogP contribution in [0, 0.1) is 11.7 Å². The number of carbonyl (C=O) groups is 3. The molecule has 31 heavy (non-hydrogen) atoms. The van der Waals surface area contributed by atoms with Crippen molar-refractivity contribution >= 4 is 17.8 Å². The number of hydrogen-bond donors (Lipinski definition) is 1. The molecule has 3 rings (SSSR count). The second-order valence-corrected chi connectivity index (χ2v) is 9.53. The highest BCUT2D eigenvalue weighted by atomic mass is 19.1. The number of hydrogen-bond acceptors (Lipinski definition) is 3. The van der Waals surface area contributed by atoms with Gasteiger partial charge in [-0.3, -0.25) is 14.5 Å². The van der Waals surface area contributed by atoms with Crippen LogP contribution in [-0.4, -0.2) is 45.8 Å². The van der Waals surface area contributed by atoms with E-state index < -0.39 is 11.6 Å². The van der Waals surface area contributed by atoms with E-state index in [0.29, 0.717) is 18.9 Å². The molecule has 0 aromatic heterocycles. The average molecular weight is 432 g/mol. The fourth-order valence-electron chi connectivity index (χ4n) is 4.46. The predicted molar refractivity (Wildman–Crippen MR) is 117 cm³/mol. The Bertz CT molecular complexity index is 805. The smallest absolute Gasteiger partial charge is 0.325 e. The summed E-state index contributed by atoms with van der Waals surface area (Å²) in [5.41, 5.74) is -0.131. The van der Waals surface area contributed by atoms with E-state index in [0.717, 1.165) is 49.0 Å². The van der Waals surface area contributed by atoms with E-state index in [-0.39, 0.29) is 30.2 Å². The van der Waals surface area contributed by atoms with Gasteiger partial charge in [-0.15, -0.1) is 0 Å². The molecule has 0 unspecified atom stereocenters. The first kappa shape index (κ1) is 23.2. The van der Waals surface area contributed by atoms with Gasteiger partial charge < -0.3 is 10.2 Å². The summed E-state index contributed by atoms with van der Waals surface area (Å²) in [6, 6.07) is 5.69. The quantitative estimate of drug-likeness (QED) is 0.626. The molecular weight excluding hydrogens is 397 g/mol. The summed E-state index contributed by atoms with van der Waals surface area (Å²) in [6.07, 6.45) is 6.40. The Morgan fingerprint density at radius 2 is 1.84 bits per heavy atom. The van der Waals surface area contributed by atoms with Gasteiger partial charge in [0.15, 0.2) is 0 Å². The Morgan fingerprint density at radius 3 is 2.45 bits per heavy atom. The van der Waals surface area contributed by atoms with Crippen LogP contribution in [0.2, 0.25) is 0 Å². The molecule has 7 heteroatoms. The number of nitrogens with one attached hydrogen (secondary N) is 1. The molecule has 2 aliphatic rings. The molecule has 1 aliphatic heterocycles. The Morgan fingerprint density at radius 1 is 1.19 bits per heavy atom. The van der Waals surface area contributed by atoms with Gasteiger partial charge in [-0.05, 0) is 56.2 Å². The van der Waals surface area contributed by atoms with Gasteiger partial charge in [0.1, 0.15) is 17.9 Å². The molecule has 1 aromatic rings. The molecule has 170 valence electrons. The highest BCUT2D eigenvalue weighted by Gasteiger charge is 2.48. The van der Waals surface area contributed by atoms with Crippen LogP contribution in [0.1, 0.15) is 71.3 Å². The van der Waals surface area contributed by atoms with Crippen LogP contribution in [0.15, 0.2) is 24.3 Å². The van der Waals surface area contributed by atoms with Gasteiger partial charge in [0.05, 0.1) is 0 Å². The van der Waals surface area contributed by atoms with Crippen LogP contribution in [0.4, 0.5) is 9.18 Å². The van der Waals surface area contributed by atoms with Crippen LogP contribution < -0.4 is 5.32 Å². The van der Waals surface area contributed by atoms with Crippen molar-refractivity contribution in [2.24, 2.45) is 5.92 Å². The van der Waals surface area contributed by atoms with Crippen molar-refractivity contribution in [3.8, 4) is 0 Å². The van der Waals surface area contributed by atoms with Crippen molar-refractivity contribution in [2.75, 3.05) is 6.54 Å². The Balaban J connectivity index is 1.73. The zero-order valence-corrected chi connectivity index (χ0v) is 18.8. The van der Waals surface area contributed by atoms with Crippen molar-refractivity contribution < 1.29 is 18.8 Å². The van der Waals surface area contributed by atoms with Crippen LogP contribution in [0.25, 0.3) is 0 Å². The molecule has 1 heterocycles. The summed E-state index contributed by atoms with van der Waals surface area (Å²) in [5, 5.41) is 2.79. The third kappa shape index (κ3) is 5.63. The Hall–Kier alpha value is -2.44. The summed E-state index contributed by atoms with van der Waals surface area (Å²) in [7, 11) is 0.